The third kappa shape index (κ3) is 3.35. The molecule has 0 aliphatic carbocycles. The van der Waals surface area contributed by atoms with Crippen molar-refractivity contribution in [2.75, 3.05) is 5.32 Å². The number of thiazole rings is 1. The Morgan fingerprint density at radius 1 is 1.27 bits per heavy atom. The Bertz CT molecular complexity index is 817. The van der Waals surface area contributed by atoms with E-state index in [4.69, 9.17) is 11.6 Å². The fourth-order valence-electron chi connectivity index (χ4n) is 1.99. The second kappa shape index (κ2) is 6.30. The van der Waals surface area contributed by atoms with Gasteiger partial charge in [0.1, 0.15) is 0 Å². The van der Waals surface area contributed by atoms with Gasteiger partial charge in [-0.3, -0.25) is 10.1 Å². The van der Waals surface area contributed by atoms with Crippen LogP contribution < -0.4 is 5.32 Å². The number of fused-ring (bicyclic) bond motifs is 1. The van der Waals surface area contributed by atoms with Crippen LogP contribution in [-0.2, 0) is 4.79 Å². The Balaban J connectivity index is 1.75. The standard InChI is InChI=1S/C17H13ClN2OS/c1-11-9-15-14(10-13(11)18)19-17(22-15)20-16(21)8-7-12-5-3-2-4-6-12/h2-10H,1H3,(H,19,20,21)/b8-7+. The van der Waals surface area contributed by atoms with Crippen LogP contribution >= 0.6 is 22.9 Å². The minimum Gasteiger partial charge on any atom is -0.298 e. The van der Waals surface area contributed by atoms with E-state index in [1.807, 2.05) is 49.4 Å². The molecular weight excluding hydrogens is 316 g/mol. The fraction of sp³-hybridized carbons (Fsp3) is 0.0588. The molecule has 0 fully saturated rings. The van der Waals surface area contributed by atoms with Crippen LogP contribution in [0.3, 0.4) is 0 Å². The van der Waals surface area contributed by atoms with Crippen LogP contribution in [0.1, 0.15) is 11.1 Å². The summed E-state index contributed by atoms with van der Waals surface area (Å²) < 4.78 is 1.00. The minimum atomic E-state index is -0.203. The number of amides is 1. The molecule has 2 aromatic carbocycles. The van der Waals surface area contributed by atoms with E-state index in [-0.39, 0.29) is 5.91 Å². The average molecular weight is 329 g/mol. The number of rotatable bonds is 3. The number of anilines is 1. The zero-order chi connectivity index (χ0) is 15.5. The van der Waals surface area contributed by atoms with Crippen LogP contribution in [0.4, 0.5) is 5.13 Å². The zero-order valence-corrected chi connectivity index (χ0v) is 13.4. The molecule has 1 aromatic heterocycles. The fourth-order valence-corrected chi connectivity index (χ4v) is 3.09. The van der Waals surface area contributed by atoms with Gasteiger partial charge in [-0.2, -0.15) is 0 Å². The lowest BCUT2D eigenvalue weighted by atomic mass is 10.2. The summed E-state index contributed by atoms with van der Waals surface area (Å²) in [6, 6.07) is 13.5. The average Bonchev–Trinajstić information content (AvgIpc) is 2.88. The molecule has 3 rings (SSSR count). The molecule has 0 saturated heterocycles. The zero-order valence-electron chi connectivity index (χ0n) is 11.8. The van der Waals surface area contributed by atoms with Crippen LogP contribution in [0, 0.1) is 6.92 Å². The Labute approximate surface area is 137 Å². The number of carbonyl (C=O) groups is 1. The molecule has 1 heterocycles. The number of hydrogen-bond donors (Lipinski definition) is 1. The van der Waals surface area contributed by atoms with Crippen molar-refractivity contribution < 1.29 is 4.79 Å². The molecule has 3 nitrogen and oxygen atoms in total. The highest BCUT2D eigenvalue weighted by atomic mass is 35.5. The highest BCUT2D eigenvalue weighted by molar-refractivity contribution is 7.22. The van der Waals surface area contributed by atoms with Gasteiger partial charge in [0.2, 0.25) is 5.91 Å². The topological polar surface area (TPSA) is 42.0 Å². The molecule has 0 saturated carbocycles. The van der Waals surface area contributed by atoms with E-state index >= 15 is 0 Å². The number of hydrogen-bond acceptors (Lipinski definition) is 3. The van der Waals surface area contributed by atoms with Gasteiger partial charge in [-0.1, -0.05) is 53.3 Å². The quantitative estimate of drug-likeness (QED) is 0.694. The lowest BCUT2D eigenvalue weighted by Gasteiger charge is -1.95. The molecule has 3 aromatic rings. The molecule has 0 aliphatic rings. The third-order valence-corrected chi connectivity index (χ3v) is 4.47. The number of carbonyl (C=O) groups excluding carboxylic acids is 1. The summed E-state index contributed by atoms with van der Waals surface area (Å²) in [6.45, 7) is 1.95. The van der Waals surface area contributed by atoms with Crippen molar-refractivity contribution in [2.24, 2.45) is 0 Å². The summed E-state index contributed by atoms with van der Waals surface area (Å²) >= 11 is 7.52. The van der Waals surface area contributed by atoms with E-state index in [0.717, 1.165) is 21.3 Å². The molecule has 0 bridgehead atoms. The van der Waals surface area contributed by atoms with Crippen molar-refractivity contribution in [3.8, 4) is 0 Å². The number of nitrogens with one attached hydrogen (secondary N) is 1. The van der Waals surface area contributed by atoms with Crippen LogP contribution in [0.2, 0.25) is 5.02 Å². The normalized spacial score (nSPS) is 11.2. The van der Waals surface area contributed by atoms with Gasteiger partial charge in [-0.25, -0.2) is 4.98 Å². The summed E-state index contributed by atoms with van der Waals surface area (Å²) in [4.78, 5) is 16.3. The van der Waals surface area contributed by atoms with E-state index in [1.54, 1.807) is 6.08 Å². The first-order valence-electron chi connectivity index (χ1n) is 6.72. The molecular formula is C17H13ClN2OS. The summed E-state index contributed by atoms with van der Waals surface area (Å²) in [5.41, 5.74) is 2.77. The van der Waals surface area contributed by atoms with Crippen LogP contribution in [-0.4, -0.2) is 10.9 Å². The van der Waals surface area contributed by atoms with Crippen LogP contribution in [0.15, 0.2) is 48.5 Å². The maximum Gasteiger partial charge on any atom is 0.250 e. The summed E-state index contributed by atoms with van der Waals surface area (Å²) in [5.74, 6) is -0.203. The summed E-state index contributed by atoms with van der Waals surface area (Å²) in [7, 11) is 0. The maximum absolute atomic E-state index is 11.9. The van der Waals surface area contributed by atoms with Crippen molar-refractivity contribution in [3.63, 3.8) is 0 Å². The Morgan fingerprint density at radius 2 is 2.05 bits per heavy atom. The third-order valence-electron chi connectivity index (χ3n) is 3.13. The molecule has 5 heteroatoms. The predicted octanol–water partition coefficient (Wildman–Crippen LogP) is 4.91. The Hall–Kier alpha value is -2.17. The van der Waals surface area contributed by atoms with E-state index < -0.39 is 0 Å². The van der Waals surface area contributed by atoms with Gasteiger partial charge in [-0.05, 0) is 36.3 Å². The second-order valence-electron chi connectivity index (χ2n) is 4.82. The number of nitrogens with zero attached hydrogens (tertiary/aromatic N) is 1. The van der Waals surface area contributed by atoms with Crippen LogP contribution in [0.5, 0.6) is 0 Å². The number of aromatic nitrogens is 1. The first-order chi connectivity index (χ1) is 10.6. The first kappa shape index (κ1) is 14.8. The van der Waals surface area contributed by atoms with Gasteiger partial charge in [-0.15, -0.1) is 0 Å². The van der Waals surface area contributed by atoms with Gasteiger partial charge in [0.15, 0.2) is 5.13 Å². The molecule has 1 amide bonds. The molecule has 22 heavy (non-hydrogen) atoms. The van der Waals surface area contributed by atoms with Gasteiger partial charge < -0.3 is 0 Å². The van der Waals surface area contributed by atoms with Gasteiger partial charge >= 0.3 is 0 Å². The van der Waals surface area contributed by atoms with Crippen molar-refractivity contribution in [1.82, 2.24) is 4.98 Å². The number of benzene rings is 2. The number of aryl methyl sites for hydroxylation is 1. The summed E-state index contributed by atoms with van der Waals surface area (Å²) in [6.07, 6.45) is 3.27. The minimum absolute atomic E-state index is 0.203. The monoisotopic (exact) mass is 328 g/mol. The maximum atomic E-state index is 11.9. The molecule has 0 spiro atoms. The number of halogens is 1. The largest absolute Gasteiger partial charge is 0.298 e. The lowest BCUT2D eigenvalue weighted by molar-refractivity contribution is -0.111. The van der Waals surface area contributed by atoms with E-state index in [9.17, 15) is 4.79 Å². The van der Waals surface area contributed by atoms with Crippen molar-refractivity contribution in [2.45, 2.75) is 6.92 Å². The van der Waals surface area contributed by atoms with Crippen molar-refractivity contribution in [1.29, 1.82) is 0 Å². The molecule has 1 N–H and O–H groups in total. The molecule has 0 atom stereocenters. The van der Waals surface area contributed by atoms with Crippen LogP contribution in [0.25, 0.3) is 16.3 Å². The van der Waals surface area contributed by atoms with Gasteiger partial charge in [0, 0.05) is 11.1 Å². The molecule has 0 radical (unpaired) electrons. The molecule has 0 aliphatic heterocycles. The first-order valence-corrected chi connectivity index (χ1v) is 7.92. The van der Waals surface area contributed by atoms with Gasteiger partial charge in [0.05, 0.1) is 10.2 Å². The lowest BCUT2D eigenvalue weighted by Crippen LogP contribution is -2.07. The molecule has 0 unspecified atom stereocenters. The van der Waals surface area contributed by atoms with E-state index in [2.05, 4.69) is 10.3 Å². The van der Waals surface area contributed by atoms with Crippen molar-refractivity contribution in [3.05, 3.63) is 64.7 Å². The predicted molar refractivity (Wildman–Crippen MR) is 93.5 cm³/mol. The highest BCUT2D eigenvalue weighted by Gasteiger charge is 2.08. The summed E-state index contributed by atoms with van der Waals surface area (Å²) in [5, 5.41) is 4.03. The SMILES string of the molecule is Cc1cc2sc(NC(=O)/C=C/c3ccccc3)nc2cc1Cl. The van der Waals surface area contributed by atoms with Crippen molar-refractivity contribution >= 4 is 50.3 Å². The highest BCUT2D eigenvalue weighted by Crippen LogP contribution is 2.30. The van der Waals surface area contributed by atoms with E-state index in [1.165, 1.54) is 17.4 Å². The van der Waals surface area contributed by atoms with Gasteiger partial charge in [0.25, 0.3) is 0 Å². The smallest absolute Gasteiger partial charge is 0.250 e. The Kier molecular flexibility index (Phi) is 4.22. The Morgan fingerprint density at radius 3 is 2.82 bits per heavy atom. The van der Waals surface area contributed by atoms with E-state index in [0.29, 0.717) is 10.2 Å². The molecule has 110 valence electrons. The second-order valence-corrected chi connectivity index (χ2v) is 6.26.